The number of halogens is 1. The molecule has 1 heterocycles. The van der Waals surface area contributed by atoms with E-state index in [2.05, 4.69) is 5.32 Å². The average molecular weight is 198 g/mol. The Morgan fingerprint density at radius 1 is 1.31 bits per heavy atom. The van der Waals surface area contributed by atoms with Gasteiger partial charge in [-0.2, -0.15) is 0 Å². The summed E-state index contributed by atoms with van der Waals surface area (Å²) in [5, 5.41) is 2.81. The van der Waals surface area contributed by atoms with Crippen LogP contribution in [-0.2, 0) is 9.53 Å². The van der Waals surface area contributed by atoms with Crippen molar-refractivity contribution >= 4 is 17.6 Å². The fourth-order valence-electron chi connectivity index (χ4n) is 1.28. The van der Waals surface area contributed by atoms with Crippen LogP contribution in [0.2, 0.25) is 0 Å². The van der Waals surface area contributed by atoms with E-state index in [1.807, 2.05) is 30.3 Å². The maximum absolute atomic E-state index is 11.2. The molecule has 2 rings (SSSR count). The van der Waals surface area contributed by atoms with Crippen molar-refractivity contribution in [2.75, 3.05) is 0 Å². The third-order valence-electron chi connectivity index (χ3n) is 1.89. The first-order valence-electron chi connectivity index (χ1n) is 3.93. The fourth-order valence-corrected chi connectivity index (χ4v) is 1.49. The van der Waals surface area contributed by atoms with Crippen molar-refractivity contribution < 1.29 is 9.53 Å². The summed E-state index contributed by atoms with van der Waals surface area (Å²) >= 11 is 5.60. The highest BCUT2D eigenvalue weighted by atomic mass is 35.5. The summed E-state index contributed by atoms with van der Waals surface area (Å²) in [4.78, 5) is 11.2. The number of alkyl halides is 1. The molecule has 0 aromatic heterocycles. The molecule has 2 atom stereocenters. The van der Waals surface area contributed by atoms with E-state index in [9.17, 15) is 4.79 Å². The summed E-state index contributed by atoms with van der Waals surface area (Å²) in [5.74, 6) is -0.328. The molecule has 68 valence electrons. The molecule has 0 spiro atoms. The second-order valence-corrected chi connectivity index (χ2v) is 3.16. The van der Waals surface area contributed by atoms with E-state index < -0.39 is 11.7 Å². The quantitative estimate of drug-likeness (QED) is 0.420. The Morgan fingerprint density at radius 3 is 2.54 bits per heavy atom. The van der Waals surface area contributed by atoms with E-state index in [-0.39, 0.29) is 5.97 Å². The first-order valence-corrected chi connectivity index (χ1v) is 4.36. The number of hydrogen-bond donors (Lipinski definition) is 1. The van der Waals surface area contributed by atoms with Crippen LogP contribution in [0.3, 0.4) is 0 Å². The zero-order valence-electron chi connectivity index (χ0n) is 6.74. The number of rotatable bonds is 1. The zero-order valence-corrected chi connectivity index (χ0v) is 7.49. The van der Waals surface area contributed by atoms with Gasteiger partial charge in [-0.25, -0.2) is 4.79 Å². The van der Waals surface area contributed by atoms with Crippen LogP contribution in [-0.4, -0.2) is 11.7 Å². The predicted molar refractivity (Wildman–Crippen MR) is 48.1 cm³/mol. The van der Waals surface area contributed by atoms with Gasteiger partial charge in [0.2, 0.25) is 5.69 Å². The standard InChI is InChI=1S/C9H8ClNO2/c10-9-11-7(8(12)13-9)6-4-2-1-3-5-6/h1-5,7,9,11H/t7-,9+/m0/s1. The van der Waals surface area contributed by atoms with E-state index in [1.165, 1.54) is 0 Å². The number of carbonyl (C=O) groups excluding carboxylic acids is 1. The summed E-state index contributed by atoms with van der Waals surface area (Å²) in [7, 11) is 0. The summed E-state index contributed by atoms with van der Waals surface area (Å²) in [6.07, 6.45) is 0. The molecule has 1 aliphatic heterocycles. The molecule has 4 heteroatoms. The zero-order chi connectivity index (χ0) is 9.26. The average Bonchev–Trinajstić information content (AvgIpc) is 2.47. The predicted octanol–water partition coefficient (Wildman–Crippen LogP) is 1.40. The van der Waals surface area contributed by atoms with Crippen LogP contribution in [0.5, 0.6) is 0 Å². The third kappa shape index (κ3) is 1.66. The molecule has 1 fully saturated rings. The molecular weight excluding hydrogens is 190 g/mol. The Kier molecular flexibility index (Phi) is 2.20. The van der Waals surface area contributed by atoms with Gasteiger partial charge in [0.05, 0.1) is 0 Å². The van der Waals surface area contributed by atoms with Crippen LogP contribution < -0.4 is 5.32 Å². The molecule has 1 aliphatic rings. The van der Waals surface area contributed by atoms with Crippen LogP contribution in [0.4, 0.5) is 0 Å². The molecule has 3 nitrogen and oxygen atoms in total. The lowest BCUT2D eigenvalue weighted by atomic mass is 10.1. The summed E-state index contributed by atoms with van der Waals surface area (Å²) in [6, 6.07) is 8.91. The van der Waals surface area contributed by atoms with Gasteiger partial charge in [-0.15, -0.1) is 0 Å². The van der Waals surface area contributed by atoms with Crippen LogP contribution in [0.25, 0.3) is 0 Å². The molecule has 0 amide bonds. The Bertz CT molecular complexity index is 315. The summed E-state index contributed by atoms with van der Waals surface area (Å²) < 4.78 is 4.74. The van der Waals surface area contributed by atoms with Gasteiger partial charge in [0, 0.05) is 0 Å². The van der Waals surface area contributed by atoms with Crippen molar-refractivity contribution in [3.8, 4) is 0 Å². The smallest absolute Gasteiger partial charge is 0.330 e. The molecule has 1 aromatic rings. The maximum atomic E-state index is 11.2. The first-order chi connectivity index (χ1) is 6.27. The second kappa shape index (κ2) is 3.36. The molecule has 0 bridgehead atoms. The molecule has 1 aromatic carbocycles. The van der Waals surface area contributed by atoms with Crippen molar-refractivity contribution in [1.29, 1.82) is 0 Å². The molecule has 0 unspecified atom stereocenters. The minimum Gasteiger partial charge on any atom is -0.431 e. The number of carbonyl (C=O) groups is 1. The number of ether oxygens (including phenoxy) is 1. The summed E-state index contributed by atoms with van der Waals surface area (Å²) in [6.45, 7) is 0. The van der Waals surface area contributed by atoms with Gasteiger partial charge in [-0.3, -0.25) is 5.32 Å². The van der Waals surface area contributed by atoms with Gasteiger partial charge < -0.3 is 4.74 Å². The molecular formula is C9H8ClNO2. The normalized spacial score (nSPS) is 27.3. The van der Waals surface area contributed by atoms with Crippen LogP contribution in [0, 0.1) is 0 Å². The number of hydrogen-bond acceptors (Lipinski definition) is 3. The Morgan fingerprint density at radius 2 is 2.00 bits per heavy atom. The first kappa shape index (κ1) is 8.53. The van der Waals surface area contributed by atoms with E-state index in [0.29, 0.717) is 0 Å². The lowest BCUT2D eigenvalue weighted by molar-refractivity contribution is -0.140. The molecule has 1 N–H and O–H groups in total. The SMILES string of the molecule is O=C1O[C@H](Cl)N[C@H]1c1ccccc1. The number of benzene rings is 1. The third-order valence-corrected chi connectivity index (χ3v) is 2.10. The molecule has 0 aliphatic carbocycles. The van der Waals surface area contributed by atoms with Crippen LogP contribution in [0.1, 0.15) is 11.6 Å². The van der Waals surface area contributed by atoms with Gasteiger partial charge in [0.1, 0.15) is 6.04 Å². The van der Waals surface area contributed by atoms with Gasteiger partial charge in [0.25, 0.3) is 0 Å². The Balaban J connectivity index is 2.23. The Hall–Kier alpha value is -1.06. The lowest BCUT2D eigenvalue weighted by Gasteiger charge is -2.04. The summed E-state index contributed by atoms with van der Waals surface area (Å²) in [5.41, 5.74) is 0.161. The number of cyclic esters (lactones) is 1. The monoisotopic (exact) mass is 197 g/mol. The second-order valence-electron chi connectivity index (χ2n) is 2.76. The van der Waals surface area contributed by atoms with Crippen molar-refractivity contribution in [2.24, 2.45) is 0 Å². The number of esters is 1. The highest BCUT2D eigenvalue weighted by Gasteiger charge is 2.33. The molecule has 0 saturated carbocycles. The van der Waals surface area contributed by atoms with Crippen molar-refractivity contribution in [1.82, 2.24) is 5.32 Å². The van der Waals surface area contributed by atoms with Crippen molar-refractivity contribution in [2.45, 2.75) is 11.7 Å². The fraction of sp³-hybridized carbons (Fsp3) is 0.222. The van der Waals surface area contributed by atoms with Gasteiger partial charge in [-0.1, -0.05) is 41.9 Å². The van der Waals surface area contributed by atoms with Gasteiger partial charge >= 0.3 is 5.97 Å². The molecule has 13 heavy (non-hydrogen) atoms. The highest BCUT2D eigenvalue weighted by molar-refractivity contribution is 6.20. The van der Waals surface area contributed by atoms with Crippen molar-refractivity contribution in [3.63, 3.8) is 0 Å². The van der Waals surface area contributed by atoms with Crippen molar-refractivity contribution in [3.05, 3.63) is 35.9 Å². The minimum atomic E-state index is -0.710. The molecule has 0 radical (unpaired) electrons. The number of nitrogens with one attached hydrogen (secondary N) is 1. The Labute approximate surface area is 80.6 Å². The maximum Gasteiger partial charge on any atom is 0.330 e. The van der Waals surface area contributed by atoms with E-state index in [4.69, 9.17) is 16.3 Å². The van der Waals surface area contributed by atoms with Gasteiger partial charge in [0.15, 0.2) is 0 Å². The highest BCUT2D eigenvalue weighted by Crippen LogP contribution is 2.22. The van der Waals surface area contributed by atoms with Gasteiger partial charge in [-0.05, 0) is 5.56 Å². The van der Waals surface area contributed by atoms with Crippen LogP contribution >= 0.6 is 11.6 Å². The van der Waals surface area contributed by atoms with E-state index in [0.717, 1.165) is 5.56 Å². The van der Waals surface area contributed by atoms with Crippen LogP contribution in [0.15, 0.2) is 30.3 Å². The van der Waals surface area contributed by atoms with E-state index >= 15 is 0 Å². The molecule has 1 saturated heterocycles. The topological polar surface area (TPSA) is 38.3 Å². The largest absolute Gasteiger partial charge is 0.431 e. The minimum absolute atomic E-state index is 0.328. The lowest BCUT2D eigenvalue weighted by Crippen LogP contribution is -2.20. The van der Waals surface area contributed by atoms with E-state index in [1.54, 1.807) is 0 Å².